The monoisotopic (exact) mass is 436 g/mol. The first-order chi connectivity index (χ1) is 15.2. The molecule has 2 aliphatic rings. The van der Waals surface area contributed by atoms with Crippen LogP contribution < -0.4 is 5.32 Å². The molecule has 2 atom stereocenters. The van der Waals surface area contributed by atoms with Crippen molar-refractivity contribution < 1.29 is 24.2 Å². The third kappa shape index (κ3) is 3.95. The highest BCUT2D eigenvalue weighted by atomic mass is 16.5. The standard InChI is InChI=1S/C25H28N2O5/c1-25(2,23(29)30)27(3)22(28)20-12-15(20)13-26-24(31)32-14-21-18-10-6-4-8-16(18)17-9-5-7-11-19(17)21/h4-11,15,20-21H,12-14H2,1-3H3,(H,26,31)(H,29,30)/t15-,20-/m1/s1. The molecule has 4 rings (SSSR count). The number of aliphatic carboxylic acids is 1. The molecule has 0 aliphatic heterocycles. The van der Waals surface area contributed by atoms with Gasteiger partial charge in [-0.1, -0.05) is 48.5 Å². The molecule has 32 heavy (non-hydrogen) atoms. The zero-order valence-corrected chi connectivity index (χ0v) is 18.5. The Labute approximate surface area is 187 Å². The van der Waals surface area contributed by atoms with Gasteiger partial charge in [0.05, 0.1) is 0 Å². The van der Waals surface area contributed by atoms with Crippen molar-refractivity contribution >= 4 is 18.0 Å². The Bertz CT molecular complexity index is 1020. The van der Waals surface area contributed by atoms with Gasteiger partial charge in [-0.15, -0.1) is 0 Å². The van der Waals surface area contributed by atoms with Gasteiger partial charge in [0.15, 0.2) is 0 Å². The minimum atomic E-state index is -1.27. The fourth-order valence-corrected chi connectivity index (χ4v) is 4.31. The number of rotatable bonds is 7. The van der Waals surface area contributed by atoms with Gasteiger partial charge < -0.3 is 20.1 Å². The third-order valence-electron chi connectivity index (χ3n) is 6.78. The highest BCUT2D eigenvalue weighted by Gasteiger charge is 2.48. The maximum absolute atomic E-state index is 12.6. The molecule has 1 fully saturated rings. The van der Waals surface area contributed by atoms with Gasteiger partial charge >= 0.3 is 12.1 Å². The van der Waals surface area contributed by atoms with E-state index in [4.69, 9.17) is 4.74 Å². The van der Waals surface area contributed by atoms with Gasteiger partial charge in [-0.25, -0.2) is 9.59 Å². The summed E-state index contributed by atoms with van der Waals surface area (Å²) in [7, 11) is 1.50. The number of amides is 2. The summed E-state index contributed by atoms with van der Waals surface area (Å²) in [6.45, 7) is 3.57. The number of carboxylic acid groups (broad SMARTS) is 1. The van der Waals surface area contributed by atoms with Crippen LogP contribution in [0.5, 0.6) is 0 Å². The molecule has 168 valence electrons. The molecule has 2 aliphatic carbocycles. The van der Waals surface area contributed by atoms with E-state index in [-0.39, 0.29) is 30.3 Å². The second-order valence-corrected chi connectivity index (χ2v) is 9.07. The Morgan fingerprint density at radius 3 is 2.19 bits per heavy atom. The number of hydrogen-bond acceptors (Lipinski definition) is 4. The van der Waals surface area contributed by atoms with Crippen LogP contribution >= 0.6 is 0 Å². The summed E-state index contributed by atoms with van der Waals surface area (Å²) in [6, 6.07) is 16.3. The molecule has 7 nitrogen and oxygen atoms in total. The van der Waals surface area contributed by atoms with Crippen molar-refractivity contribution in [2.24, 2.45) is 11.8 Å². The van der Waals surface area contributed by atoms with Crippen LogP contribution in [-0.4, -0.2) is 53.7 Å². The molecule has 7 heteroatoms. The number of hydrogen-bond donors (Lipinski definition) is 2. The number of nitrogens with zero attached hydrogens (tertiary/aromatic N) is 1. The first-order valence-corrected chi connectivity index (χ1v) is 10.8. The number of ether oxygens (including phenoxy) is 1. The maximum atomic E-state index is 12.6. The van der Waals surface area contributed by atoms with Crippen molar-refractivity contribution in [1.29, 1.82) is 0 Å². The summed E-state index contributed by atoms with van der Waals surface area (Å²) in [6.07, 6.45) is 0.117. The zero-order valence-electron chi connectivity index (χ0n) is 18.5. The van der Waals surface area contributed by atoms with Crippen LogP contribution in [0, 0.1) is 11.8 Å². The summed E-state index contributed by atoms with van der Waals surface area (Å²) >= 11 is 0. The number of alkyl carbamates (subject to hydrolysis) is 1. The lowest BCUT2D eigenvalue weighted by molar-refractivity contribution is -0.155. The highest BCUT2D eigenvalue weighted by molar-refractivity contribution is 5.88. The Morgan fingerprint density at radius 1 is 1.06 bits per heavy atom. The number of carbonyl (C=O) groups excluding carboxylic acids is 2. The van der Waals surface area contributed by atoms with Gasteiger partial charge in [0.1, 0.15) is 12.1 Å². The largest absolute Gasteiger partial charge is 0.480 e. The first kappa shape index (κ1) is 21.9. The number of carbonyl (C=O) groups is 3. The van der Waals surface area contributed by atoms with Crippen molar-refractivity contribution in [3.05, 3.63) is 59.7 Å². The average molecular weight is 437 g/mol. The Balaban J connectivity index is 1.28. The van der Waals surface area contributed by atoms with Crippen molar-refractivity contribution in [2.45, 2.75) is 31.7 Å². The molecule has 0 heterocycles. The Morgan fingerprint density at radius 2 is 1.62 bits per heavy atom. The van der Waals surface area contributed by atoms with E-state index in [1.807, 2.05) is 24.3 Å². The predicted molar refractivity (Wildman–Crippen MR) is 119 cm³/mol. The summed E-state index contributed by atoms with van der Waals surface area (Å²) < 4.78 is 5.52. The second kappa shape index (κ2) is 8.30. The topological polar surface area (TPSA) is 95.9 Å². The molecular formula is C25H28N2O5. The zero-order chi connectivity index (χ0) is 23.0. The number of carboxylic acids is 1. The Hall–Kier alpha value is -3.35. The molecule has 2 aromatic rings. The first-order valence-electron chi connectivity index (χ1n) is 10.8. The number of likely N-dealkylation sites (N-methyl/N-ethyl adjacent to an activating group) is 1. The molecule has 0 aromatic heterocycles. The third-order valence-corrected chi connectivity index (χ3v) is 6.78. The lowest BCUT2D eigenvalue weighted by Crippen LogP contribution is -2.51. The quantitative estimate of drug-likeness (QED) is 0.693. The number of nitrogens with one attached hydrogen (secondary N) is 1. The molecule has 0 unspecified atom stereocenters. The van der Waals surface area contributed by atoms with Crippen molar-refractivity contribution in [2.75, 3.05) is 20.2 Å². The lowest BCUT2D eigenvalue weighted by Gasteiger charge is -2.31. The van der Waals surface area contributed by atoms with Gasteiger partial charge in [-0.3, -0.25) is 4.79 Å². The van der Waals surface area contributed by atoms with Crippen LogP contribution in [-0.2, 0) is 14.3 Å². The molecule has 2 N–H and O–H groups in total. The van der Waals surface area contributed by atoms with E-state index < -0.39 is 17.6 Å². The molecule has 2 aromatic carbocycles. The summed E-state index contributed by atoms with van der Waals surface area (Å²) in [5.41, 5.74) is 3.37. The molecular weight excluding hydrogens is 408 g/mol. The van der Waals surface area contributed by atoms with E-state index in [1.165, 1.54) is 36.9 Å². The molecule has 0 bridgehead atoms. The van der Waals surface area contributed by atoms with E-state index >= 15 is 0 Å². The summed E-state index contributed by atoms with van der Waals surface area (Å²) in [5.74, 6) is -1.54. The smallest absolute Gasteiger partial charge is 0.407 e. The van der Waals surface area contributed by atoms with Crippen LogP contribution in [0.2, 0.25) is 0 Å². The molecule has 0 spiro atoms. The fourth-order valence-electron chi connectivity index (χ4n) is 4.31. The van der Waals surface area contributed by atoms with Gasteiger partial charge in [-0.05, 0) is 48.4 Å². The minimum Gasteiger partial charge on any atom is -0.480 e. The maximum Gasteiger partial charge on any atom is 0.407 e. The van der Waals surface area contributed by atoms with E-state index in [0.717, 1.165) is 11.1 Å². The molecule has 1 saturated carbocycles. The van der Waals surface area contributed by atoms with Gasteiger partial charge in [0.2, 0.25) is 5.91 Å². The van der Waals surface area contributed by atoms with Gasteiger partial charge in [0.25, 0.3) is 0 Å². The minimum absolute atomic E-state index is 0.00435. The van der Waals surface area contributed by atoms with Crippen LogP contribution in [0.25, 0.3) is 11.1 Å². The Kier molecular flexibility index (Phi) is 5.67. The molecule has 0 saturated heterocycles. The van der Waals surface area contributed by atoms with Crippen molar-refractivity contribution in [3.8, 4) is 11.1 Å². The van der Waals surface area contributed by atoms with E-state index in [1.54, 1.807) is 0 Å². The number of fused-ring (bicyclic) bond motifs is 3. The average Bonchev–Trinajstić information content (AvgIpc) is 3.50. The van der Waals surface area contributed by atoms with Gasteiger partial charge in [0, 0.05) is 25.4 Å². The van der Waals surface area contributed by atoms with E-state index in [0.29, 0.717) is 13.0 Å². The van der Waals surface area contributed by atoms with Crippen molar-refractivity contribution in [3.63, 3.8) is 0 Å². The van der Waals surface area contributed by atoms with Crippen LogP contribution in [0.4, 0.5) is 4.79 Å². The van der Waals surface area contributed by atoms with Crippen molar-refractivity contribution in [1.82, 2.24) is 10.2 Å². The normalized spacial score (nSPS) is 19.0. The summed E-state index contributed by atoms with van der Waals surface area (Å²) in [5, 5.41) is 12.1. The second-order valence-electron chi connectivity index (χ2n) is 9.07. The fraction of sp³-hybridized carbons (Fsp3) is 0.400. The molecule has 2 amide bonds. The van der Waals surface area contributed by atoms with Crippen LogP contribution in [0.1, 0.15) is 37.3 Å². The van der Waals surface area contributed by atoms with E-state index in [9.17, 15) is 19.5 Å². The highest BCUT2D eigenvalue weighted by Crippen LogP contribution is 2.44. The van der Waals surface area contributed by atoms with Crippen LogP contribution in [0.15, 0.2) is 48.5 Å². The number of benzene rings is 2. The molecule has 0 radical (unpaired) electrons. The summed E-state index contributed by atoms with van der Waals surface area (Å²) in [4.78, 5) is 37.5. The predicted octanol–water partition coefficient (Wildman–Crippen LogP) is 3.48. The van der Waals surface area contributed by atoms with E-state index in [2.05, 4.69) is 29.6 Å². The van der Waals surface area contributed by atoms with Gasteiger partial charge in [-0.2, -0.15) is 0 Å². The van der Waals surface area contributed by atoms with Crippen LogP contribution in [0.3, 0.4) is 0 Å². The lowest BCUT2D eigenvalue weighted by atomic mass is 9.98. The SMILES string of the molecule is CN(C(=O)[C@@H]1C[C@@H]1CNC(=O)OCC1c2ccccc2-c2ccccc21)C(C)(C)C(=O)O.